The van der Waals surface area contributed by atoms with E-state index in [0.717, 1.165) is 20.2 Å². The van der Waals surface area contributed by atoms with Crippen LogP contribution in [-0.2, 0) is 11.3 Å². The zero-order valence-corrected chi connectivity index (χ0v) is 14.0. The monoisotopic (exact) mass is 397 g/mol. The Kier molecular flexibility index (Phi) is 5.34. The first kappa shape index (κ1) is 15.2. The fourth-order valence-corrected chi connectivity index (χ4v) is 3.01. The predicted octanol–water partition coefficient (Wildman–Crippen LogP) is 4.61. The molecule has 2 aromatic rings. The van der Waals surface area contributed by atoms with Gasteiger partial charge in [0.15, 0.2) is 0 Å². The number of ether oxygens (including phenoxy) is 1. The van der Waals surface area contributed by atoms with Crippen LogP contribution in [0.25, 0.3) is 0 Å². The molecule has 0 heterocycles. The molecule has 1 N–H and O–H groups in total. The van der Waals surface area contributed by atoms with Crippen LogP contribution in [0.15, 0.2) is 51.4 Å². The second kappa shape index (κ2) is 7.02. The molecule has 0 saturated carbocycles. The molecule has 0 aliphatic rings. The van der Waals surface area contributed by atoms with Crippen molar-refractivity contribution in [2.45, 2.75) is 6.61 Å². The zero-order chi connectivity index (χ0) is 14.5. The Bertz CT molecular complexity index is 629. The van der Waals surface area contributed by atoms with Crippen LogP contribution in [0.1, 0.15) is 15.9 Å². The number of amides is 1. The lowest BCUT2D eigenvalue weighted by Gasteiger charge is -2.11. The smallest absolute Gasteiger partial charge is 0.256 e. The second-order valence-corrected chi connectivity index (χ2v) is 5.94. The van der Waals surface area contributed by atoms with Crippen molar-refractivity contribution < 1.29 is 9.53 Å². The summed E-state index contributed by atoms with van der Waals surface area (Å²) in [6, 6.07) is 13.0. The van der Waals surface area contributed by atoms with Crippen molar-refractivity contribution in [3.05, 3.63) is 62.5 Å². The molecule has 0 aliphatic carbocycles. The maximum atomic E-state index is 12.3. The second-order valence-electron chi connectivity index (χ2n) is 4.17. The lowest BCUT2D eigenvalue weighted by Crippen LogP contribution is -2.14. The molecule has 0 atom stereocenters. The average molecular weight is 399 g/mol. The van der Waals surface area contributed by atoms with E-state index in [4.69, 9.17) is 4.74 Å². The molecule has 0 saturated heterocycles. The van der Waals surface area contributed by atoms with Crippen LogP contribution in [-0.4, -0.2) is 13.0 Å². The number of hydrogen-bond acceptors (Lipinski definition) is 2. The summed E-state index contributed by atoms with van der Waals surface area (Å²) in [5.74, 6) is -0.159. The highest BCUT2D eigenvalue weighted by Gasteiger charge is 2.12. The molecule has 104 valence electrons. The molecule has 2 aromatic carbocycles. The molecule has 0 unspecified atom stereocenters. The first-order chi connectivity index (χ1) is 9.61. The minimum atomic E-state index is -0.159. The van der Waals surface area contributed by atoms with Gasteiger partial charge in [-0.2, -0.15) is 0 Å². The molecule has 0 radical (unpaired) electrons. The van der Waals surface area contributed by atoms with Crippen molar-refractivity contribution in [1.29, 1.82) is 0 Å². The lowest BCUT2D eigenvalue weighted by molar-refractivity contribution is 0.102. The van der Waals surface area contributed by atoms with E-state index in [9.17, 15) is 4.79 Å². The van der Waals surface area contributed by atoms with Crippen molar-refractivity contribution in [3.8, 4) is 0 Å². The van der Waals surface area contributed by atoms with Crippen molar-refractivity contribution in [2.75, 3.05) is 12.4 Å². The third-order valence-corrected chi connectivity index (χ3v) is 3.89. The van der Waals surface area contributed by atoms with Gasteiger partial charge in [0, 0.05) is 27.3 Å². The van der Waals surface area contributed by atoms with Crippen LogP contribution in [0.5, 0.6) is 0 Å². The van der Waals surface area contributed by atoms with E-state index in [-0.39, 0.29) is 5.91 Å². The van der Waals surface area contributed by atoms with Gasteiger partial charge < -0.3 is 10.1 Å². The number of rotatable bonds is 4. The third-order valence-electron chi connectivity index (χ3n) is 2.74. The van der Waals surface area contributed by atoms with Gasteiger partial charge in [-0.05, 0) is 40.2 Å². The standard InChI is InChI=1S/C15H13Br2NO2/c1-20-9-10-4-2-3-5-14(10)18-15(19)12-7-6-11(16)8-13(12)17/h2-8H,9H2,1H3,(H,18,19). The summed E-state index contributed by atoms with van der Waals surface area (Å²) in [6.45, 7) is 0.456. The molecule has 0 spiro atoms. The quantitative estimate of drug-likeness (QED) is 0.816. The number of anilines is 1. The molecular weight excluding hydrogens is 386 g/mol. The summed E-state index contributed by atoms with van der Waals surface area (Å²) in [4.78, 5) is 12.3. The first-order valence-electron chi connectivity index (χ1n) is 5.95. The highest BCUT2D eigenvalue weighted by atomic mass is 79.9. The van der Waals surface area contributed by atoms with E-state index in [1.54, 1.807) is 13.2 Å². The highest BCUT2D eigenvalue weighted by molar-refractivity contribution is 9.11. The Morgan fingerprint density at radius 3 is 2.65 bits per heavy atom. The molecule has 3 nitrogen and oxygen atoms in total. The Morgan fingerprint density at radius 2 is 1.95 bits per heavy atom. The topological polar surface area (TPSA) is 38.3 Å². The van der Waals surface area contributed by atoms with Crippen LogP contribution in [0.3, 0.4) is 0 Å². The van der Waals surface area contributed by atoms with Gasteiger partial charge in [0.25, 0.3) is 5.91 Å². The summed E-state index contributed by atoms with van der Waals surface area (Å²) in [6.07, 6.45) is 0. The van der Waals surface area contributed by atoms with Crippen LogP contribution in [0.4, 0.5) is 5.69 Å². The molecule has 0 aliphatic heterocycles. The fourth-order valence-electron chi connectivity index (χ4n) is 1.79. The van der Waals surface area contributed by atoms with E-state index in [1.165, 1.54) is 0 Å². The van der Waals surface area contributed by atoms with E-state index in [1.807, 2.05) is 36.4 Å². The normalized spacial score (nSPS) is 10.3. The van der Waals surface area contributed by atoms with Crippen LogP contribution < -0.4 is 5.32 Å². The SMILES string of the molecule is COCc1ccccc1NC(=O)c1ccc(Br)cc1Br. The minimum absolute atomic E-state index is 0.159. The summed E-state index contributed by atoms with van der Waals surface area (Å²) in [5, 5.41) is 2.91. The largest absolute Gasteiger partial charge is 0.380 e. The number of para-hydroxylation sites is 1. The van der Waals surface area contributed by atoms with Crippen molar-refractivity contribution in [1.82, 2.24) is 0 Å². The summed E-state index contributed by atoms with van der Waals surface area (Å²) >= 11 is 6.76. The number of nitrogens with one attached hydrogen (secondary N) is 1. The number of benzene rings is 2. The molecule has 0 bridgehead atoms. The summed E-state index contributed by atoms with van der Waals surface area (Å²) in [7, 11) is 1.63. The van der Waals surface area contributed by atoms with Gasteiger partial charge in [0.2, 0.25) is 0 Å². The van der Waals surface area contributed by atoms with Gasteiger partial charge in [-0.1, -0.05) is 34.1 Å². The number of carbonyl (C=O) groups is 1. The molecule has 0 aromatic heterocycles. The number of carbonyl (C=O) groups excluding carboxylic acids is 1. The Balaban J connectivity index is 2.23. The molecular formula is C15H13Br2NO2. The van der Waals surface area contributed by atoms with Crippen LogP contribution in [0, 0.1) is 0 Å². The van der Waals surface area contributed by atoms with E-state index < -0.39 is 0 Å². The Morgan fingerprint density at radius 1 is 1.20 bits per heavy atom. The van der Waals surface area contributed by atoms with Crippen molar-refractivity contribution >= 4 is 43.5 Å². The zero-order valence-electron chi connectivity index (χ0n) is 10.8. The van der Waals surface area contributed by atoms with Gasteiger partial charge in [-0.3, -0.25) is 4.79 Å². The van der Waals surface area contributed by atoms with Crippen LogP contribution >= 0.6 is 31.9 Å². The van der Waals surface area contributed by atoms with E-state index >= 15 is 0 Å². The molecule has 2 rings (SSSR count). The summed E-state index contributed by atoms with van der Waals surface area (Å²) in [5.41, 5.74) is 2.28. The van der Waals surface area contributed by atoms with Crippen molar-refractivity contribution in [3.63, 3.8) is 0 Å². The van der Waals surface area contributed by atoms with Crippen LogP contribution in [0.2, 0.25) is 0 Å². The Labute approximate surface area is 134 Å². The maximum Gasteiger partial charge on any atom is 0.256 e. The Hall–Kier alpha value is -1.17. The first-order valence-corrected chi connectivity index (χ1v) is 7.53. The lowest BCUT2D eigenvalue weighted by atomic mass is 10.1. The van der Waals surface area contributed by atoms with Gasteiger partial charge in [0.1, 0.15) is 0 Å². The van der Waals surface area contributed by atoms with Gasteiger partial charge in [-0.25, -0.2) is 0 Å². The van der Waals surface area contributed by atoms with Crippen molar-refractivity contribution in [2.24, 2.45) is 0 Å². The van der Waals surface area contributed by atoms with Gasteiger partial charge >= 0.3 is 0 Å². The maximum absolute atomic E-state index is 12.3. The molecule has 5 heteroatoms. The third kappa shape index (κ3) is 3.69. The molecule has 1 amide bonds. The highest BCUT2D eigenvalue weighted by Crippen LogP contribution is 2.24. The van der Waals surface area contributed by atoms with E-state index in [2.05, 4.69) is 37.2 Å². The number of hydrogen-bond donors (Lipinski definition) is 1. The summed E-state index contributed by atoms with van der Waals surface area (Å²) < 4.78 is 6.79. The minimum Gasteiger partial charge on any atom is -0.380 e. The van der Waals surface area contributed by atoms with Gasteiger partial charge in [-0.15, -0.1) is 0 Å². The number of methoxy groups -OCH3 is 1. The average Bonchev–Trinajstić information content (AvgIpc) is 2.41. The molecule has 0 fully saturated rings. The van der Waals surface area contributed by atoms with E-state index in [0.29, 0.717) is 12.2 Å². The number of halogens is 2. The molecule has 20 heavy (non-hydrogen) atoms. The van der Waals surface area contributed by atoms with Gasteiger partial charge in [0.05, 0.1) is 12.2 Å². The fraction of sp³-hybridized carbons (Fsp3) is 0.133. The predicted molar refractivity (Wildman–Crippen MR) is 87.0 cm³/mol.